The van der Waals surface area contributed by atoms with E-state index < -0.39 is 4.92 Å². The van der Waals surface area contributed by atoms with Gasteiger partial charge in [-0.25, -0.2) is 0 Å². The molecular weight excluding hydrogens is 166 g/mol. The molecule has 1 aromatic rings. The first kappa shape index (κ1) is 9.01. The normalized spacial score (nSPS) is 8.31. The van der Waals surface area contributed by atoms with E-state index in [0.29, 0.717) is 0 Å². The fraction of sp³-hybridized carbons (Fsp3) is 0. The summed E-state index contributed by atoms with van der Waals surface area (Å²) in [6.45, 7) is 3.44. The molecule has 3 nitrogen and oxygen atoms in total. The van der Waals surface area contributed by atoms with Gasteiger partial charge in [-0.1, -0.05) is 18.4 Å². The van der Waals surface area contributed by atoms with E-state index in [1.807, 2.05) is 0 Å². The third-order valence-electron chi connectivity index (χ3n) is 1.40. The molecule has 0 saturated carbocycles. The molecule has 0 radical (unpaired) electrons. The number of hydrogen-bond acceptors (Lipinski definition) is 2. The Labute approximate surface area is 75.9 Å². The van der Waals surface area contributed by atoms with E-state index in [-0.39, 0.29) is 5.69 Å². The minimum Gasteiger partial charge on any atom is -0.258 e. The molecule has 0 aliphatic heterocycles. The Balaban J connectivity index is 2.93. The molecule has 13 heavy (non-hydrogen) atoms. The lowest BCUT2D eigenvalue weighted by Crippen LogP contribution is -1.86. The fourth-order valence-electron chi connectivity index (χ4n) is 0.801. The van der Waals surface area contributed by atoms with Gasteiger partial charge in [-0.3, -0.25) is 10.1 Å². The molecule has 0 aromatic heterocycles. The first-order valence-electron chi connectivity index (χ1n) is 3.61. The lowest BCUT2D eigenvalue weighted by atomic mass is 10.2. The Morgan fingerprint density at radius 1 is 1.38 bits per heavy atom. The summed E-state index contributed by atoms with van der Waals surface area (Å²) < 4.78 is 0. The molecular formula is C10H7NO2. The average molecular weight is 173 g/mol. The number of benzene rings is 1. The highest BCUT2D eigenvalue weighted by Gasteiger charge is 2.01. The van der Waals surface area contributed by atoms with Gasteiger partial charge in [-0.15, -0.1) is 0 Å². The molecule has 0 atom stereocenters. The second-order valence-electron chi connectivity index (χ2n) is 2.28. The van der Waals surface area contributed by atoms with Crippen LogP contribution in [0.25, 0.3) is 0 Å². The molecule has 0 saturated heterocycles. The van der Waals surface area contributed by atoms with E-state index >= 15 is 0 Å². The van der Waals surface area contributed by atoms with Crippen LogP contribution in [-0.4, -0.2) is 4.92 Å². The van der Waals surface area contributed by atoms with E-state index in [4.69, 9.17) is 0 Å². The topological polar surface area (TPSA) is 43.1 Å². The molecule has 0 fully saturated rings. The molecule has 0 spiro atoms. The predicted octanol–water partition coefficient (Wildman–Crippen LogP) is 2.13. The Morgan fingerprint density at radius 3 is 2.46 bits per heavy atom. The van der Waals surface area contributed by atoms with E-state index in [0.717, 1.165) is 5.56 Å². The maximum absolute atomic E-state index is 10.3. The molecule has 0 bridgehead atoms. The van der Waals surface area contributed by atoms with Gasteiger partial charge in [0.15, 0.2) is 0 Å². The zero-order valence-electron chi connectivity index (χ0n) is 6.86. The Hall–Kier alpha value is -2.08. The molecule has 1 rings (SSSR count). The quantitative estimate of drug-likeness (QED) is 0.371. The molecule has 0 aliphatic carbocycles. The van der Waals surface area contributed by atoms with Crippen molar-refractivity contribution in [3.8, 4) is 11.8 Å². The predicted molar refractivity (Wildman–Crippen MR) is 50.2 cm³/mol. The van der Waals surface area contributed by atoms with E-state index in [1.54, 1.807) is 12.1 Å². The maximum Gasteiger partial charge on any atom is 0.269 e. The number of nitro benzene ring substituents is 1. The summed E-state index contributed by atoms with van der Waals surface area (Å²) >= 11 is 0. The highest BCUT2D eigenvalue weighted by atomic mass is 16.6. The standard InChI is InChI=1S/C10H7NO2/c1-2-3-4-9-5-7-10(8-6-9)11(12)13/h2,5-8H,1H2. The van der Waals surface area contributed by atoms with Crippen LogP contribution in [0.1, 0.15) is 5.56 Å². The summed E-state index contributed by atoms with van der Waals surface area (Å²) in [6, 6.07) is 6.06. The number of rotatable bonds is 1. The Kier molecular flexibility index (Phi) is 2.82. The van der Waals surface area contributed by atoms with Crippen molar-refractivity contribution in [2.24, 2.45) is 0 Å². The second kappa shape index (κ2) is 4.07. The maximum atomic E-state index is 10.3. The third-order valence-corrected chi connectivity index (χ3v) is 1.40. The fourth-order valence-corrected chi connectivity index (χ4v) is 0.801. The van der Waals surface area contributed by atoms with E-state index in [1.165, 1.54) is 18.2 Å². The lowest BCUT2D eigenvalue weighted by Gasteiger charge is -1.90. The van der Waals surface area contributed by atoms with Gasteiger partial charge in [0.1, 0.15) is 0 Å². The van der Waals surface area contributed by atoms with Crippen molar-refractivity contribution in [1.82, 2.24) is 0 Å². The van der Waals surface area contributed by atoms with Gasteiger partial charge in [0.2, 0.25) is 0 Å². The highest BCUT2D eigenvalue weighted by Crippen LogP contribution is 2.10. The van der Waals surface area contributed by atoms with Crippen LogP contribution in [0, 0.1) is 22.0 Å². The van der Waals surface area contributed by atoms with Crippen LogP contribution in [-0.2, 0) is 0 Å². The summed E-state index contributed by atoms with van der Waals surface area (Å²) in [5.74, 6) is 5.43. The number of nitrogens with zero attached hydrogens (tertiary/aromatic N) is 1. The minimum absolute atomic E-state index is 0.0733. The van der Waals surface area contributed by atoms with Crippen LogP contribution in [0.3, 0.4) is 0 Å². The third kappa shape index (κ3) is 2.46. The van der Waals surface area contributed by atoms with E-state index in [9.17, 15) is 10.1 Å². The summed E-state index contributed by atoms with van der Waals surface area (Å²) in [5.41, 5.74) is 0.814. The average Bonchev–Trinajstić information content (AvgIpc) is 2.15. The smallest absolute Gasteiger partial charge is 0.258 e. The SMILES string of the molecule is C=CC#Cc1ccc([N+](=O)[O-])cc1. The molecule has 0 heterocycles. The molecule has 0 unspecified atom stereocenters. The molecule has 1 aromatic carbocycles. The monoisotopic (exact) mass is 173 g/mol. The van der Waals surface area contributed by atoms with Crippen LogP contribution < -0.4 is 0 Å². The number of hydrogen-bond donors (Lipinski definition) is 0. The molecule has 64 valence electrons. The molecule has 3 heteroatoms. The van der Waals surface area contributed by atoms with Crippen LogP contribution >= 0.6 is 0 Å². The minimum atomic E-state index is -0.440. The van der Waals surface area contributed by atoms with Gasteiger partial charge in [-0.2, -0.15) is 0 Å². The molecule has 0 aliphatic rings. The summed E-state index contributed by atoms with van der Waals surface area (Å²) in [4.78, 5) is 9.84. The highest BCUT2D eigenvalue weighted by molar-refractivity contribution is 5.42. The van der Waals surface area contributed by atoms with Gasteiger partial charge in [-0.05, 0) is 18.2 Å². The van der Waals surface area contributed by atoms with Gasteiger partial charge in [0, 0.05) is 17.7 Å². The number of allylic oxidation sites excluding steroid dienone is 1. The Morgan fingerprint density at radius 2 is 2.00 bits per heavy atom. The number of nitro groups is 1. The first-order chi connectivity index (χ1) is 6.24. The van der Waals surface area contributed by atoms with Crippen LogP contribution in [0.15, 0.2) is 36.9 Å². The zero-order valence-corrected chi connectivity index (χ0v) is 6.86. The largest absolute Gasteiger partial charge is 0.269 e. The summed E-state index contributed by atoms with van der Waals surface area (Å²) in [6.07, 6.45) is 1.47. The van der Waals surface area contributed by atoms with Crippen molar-refractivity contribution in [3.63, 3.8) is 0 Å². The van der Waals surface area contributed by atoms with Crippen molar-refractivity contribution in [3.05, 3.63) is 52.6 Å². The van der Waals surface area contributed by atoms with Gasteiger partial charge < -0.3 is 0 Å². The summed E-state index contributed by atoms with van der Waals surface area (Å²) in [7, 11) is 0. The first-order valence-corrected chi connectivity index (χ1v) is 3.61. The van der Waals surface area contributed by atoms with Gasteiger partial charge >= 0.3 is 0 Å². The van der Waals surface area contributed by atoms with Crippen LogP contribution in [0.5, 0.6) is 0 Å². The second-order valence-corrected chi connectivity index (χ2v) is 2.28. The Bertz CT molecular complexity index is 382. The van der Waals surface area contributed by atoms with Crippen molar-refractivity contribution in [1.29, 1.82) is 0 Å². The van der Waals surface area contributed by atoms with Crippen LogP contribution in [0.4, 0.5) is 5.69 Å². The molecule has 0 N–H and O–H groups in total. The summed E-state index contributed by atoms with van der Waals surface area (Å²) in [5, 5.41) is 10.3. The van der Waals surface area contributed by atoms with Gasteiger partial charge in [0.25, 0.3) is 5.69 Å². The van der Waals surface area contributed by atoms with E-state index in [2.05, 4.69) is 18.4 Å². The van der Waals surface area contributed by atoms with Crippen molar-refractivity contribution in [2.45, 2.75) is 0 Å². The van der Waals surface area contributed by atoms with Crippen molar-refractivity contribution in [2.75, 3.05) is 0 Å². The van der Waals surface area contributed by atoms with Crippen LogP contribution in [0.2, 0.25) is 0 Å². The zero-order chi connectivity index (χ0) is 9.68. The van der Waals surface area contributed by atoms with Gasteiger partial charge in [0.05, 0.1) is 4.92 Å². The number of non-ortho nitro benzene ring substituents is 1. The molecule has 0 amide bonds. The van der Waals surface area contributed by atoms with Crippen molar-refractivity contribution < 1.29 is 4.92 Å². The lowest BCUT2D eigenvalue weighted by molar-refractivity contribution is -0.384. The van der Waals surface area contributed by atoms with Crippen molar-refractivity contribution >= 4 is 5.69 Å².